The van der Waals surface area contributed by atoms with Gasteiger partial charge in [-0.1, -0.05) is 39.7 Å². The van der Waals surface area contributed by atoms with Crippen molar-refractivity contribution in [2.24, 2.45) is 0 Å². The molecule has 2 aromatic rings. The fourth-order valence-corrected chi connectivity index (χ4v) is 2.30. The van der Waals surface area contributed by atoms with Gasteiger partial charge in [-0.15, -0.1) is 0 Å². The maximum atomic E-state index is 6.09. The summed E-state index contributed by atoms with van der Waals surface area (Å²) in [5.41, 5.74) is 3.44. The number of methoxy groups -OCH3 is 1. The van der Waals surface area contributed by atoms with E-state index in [4.69, 9.17) is 16.3 Å². The maximum absolute atomic E-state index is 6.09. The van der Waals surface area contributed by atoms with E-state index in [1.807, 2.05) is 18.2 Å². The highest BCUT2D eigenvalue weighted by molar-refractivity contribution is 9.10. The van der Waals surface area contributed by atoms with E-state index in [0.717, 1.165) is 16.7 Å². The second kappa shape index (κ2) is 6.31. The quantitative estimate of drug-likeness (QED) is 0.842. The van der Waals surface area contributed by atoms with Crippen LogP contribution in [-0.4, -0.2) is 7.11 Å². The molecule has 19 heavy (non-hydrogen) atoms. The van der Waals surface area contributed by atoms with Crippen LogP contribution in [0.3, 0.4) is 0 Å². The van der Waals surface area contributed by atoms with E-state index in [2.05, 4.69) is 46.4 Å². The van der Waals surface area contributed by atoms with Crippen molar-refractivity contribution in [1.82, 2.24) is 0 Å². The second-order valence-electron chi connectivity index (χ2n) is 4.29. The van der Waals surface area contributed by atoms with E-state index in [0.29, 0.717) is 10.8 Å². The van der Waals surface area contributed by atoms with Gasteiger partial charge in [0.05, 0.1) is 12.1 Å². The Hall–Kier alpha value is -1.19. The molecule has 0 aliphatic rings. The average Bonchev–Trinajstić information content (AvgIpc) is 2.40. The molecule has 0 fully saturated rings. The van der Waals surface area contributed by atoms with E-state index in [1.54, 1.807) is 7.11 Å². The number of aryl methyl sites for hydroxylation is 1. The number of rotatable bonds is 4. The van der Waals surface area contributed by atoms with Crippen molar-refractivity contribution in [1.29, 1.82) is 0 Å². The number of nitrogens with one attached hydrogen (secondary N) is 1. The first kappa shape index (κ1) is 14.2. The largest absolute Gasteiger partial charge is 0.495 e. The standard InChI is InChI=1S/C15H15BrClNO/c1-10-7-11(3-5-13(10)16)9-18-12-4-6-15(19-2)14(17)8-12/h3-8,18H,9H2,1-2H3. The van der Waals surface area contributed by atoms with Crippen LogP contribution in [0.4, 0.5) is 5.69 Å². The molecule has 0 bridgehead atoms. The fourth-order valence-electron chi connectivity index (χ4n) is 1.80. The lowest BCUT2D eigenvalue weighted by molar-refractivity contribution is 0.415. The monoisotopic (exact) mass is 339 g/mol. The van der Waals surface area contributed by atoms with E-state index >= 15 is 0 Å². The van der Waals surface area contributed by atoms with E-state index in [1.165, 1.54) is 11.1 Å². The van der Waals surface area contributed by atoms with Crippen LogP contribution in [-0.2, 0) is 6.54 Å². The summed E-state index contributed by atoms with van der Waals surface area (Å²) in [6.45, 7) is 2.84. The minimum atomic E-state index is 0.611. The summed E-state index contributed by atoms with van der Waals surface area (Å²) in [5, 5.41) is 3.96. The minimum Gasteiger partial charge on any atom is -0.495 e. The molecule has 2 rings (SSSR count). The number of benzene rings is 2. The Morgan fingerprint density at radius 1 is 1.21 bits per heavy atom. The maximum Gasteiger partial charge on any atom is 0.137 e. The number of hydrogen-bond acceptors (Lipinski definition) is 2. The Balaban J connectivity index is 2.05. The Bertz CT molecular complexity index is 586. The van der Waals surface area contributed by atoms with Crippen molar-refractivity contribution >= 4 is 33.2 Å². The number of halogens is 2. The summed E-state index contributed by atoms with van der Waals surface area (Å²) in [7, 11) is 1.61. The minimum absolute atomic E-state index is 0.611. The molecule has 2 aromatic carbocycles. The van der Waals surface area contributed by atoms with Gasteiger partial charge in [-0.3, -0.25) is 0 Å². The van der Waals surface area contributed by atoms with Crippen LogP contribution < -0.4 is 10.1 Å². The third-order valence-corrected chi connectivity index (χ3v) is 4.06. The molecule has 0 heterocycles. The van der Waals surface area contributed by atoms with Crippen molar-refractivity contribution in [2.75, 3.05) is 12.4 Å². The van der Waals surface area contributed by atoms with Gasteiger partial charge in [0.25, 0.3) is 0 Å². The first-order valence-electron chi connectivity index (χ1n) is 5.92. The highest BCUT2D eigenvalue weighted by atomic mass is 79.9. The van der Waals surface area contributed by atoms with Crippen LogP contribution in [0.1, 0.15) is 11.1 Å². The third-order valence-electron chi connectivity index (χ3n) is 2.87. The van der Waals surface area contributed by atoms with Crippen LogP contribution in [0.2, 0.25) is 5.02 Å². The summed E-state index contributed by atoms with van der Waals surface area (Å²) >= 11 is 9.59. The van der Waals surface area contributed by atoms with Gasteiger partial charge >= 0.3 is 0 Å². The van der Waals surface area contributed by atoms with Gasteiger partial charge in [-0.25, -0.2) is 0 Å². The van der Waals surface area contributed by atoms with Crippen molar-refractivity contribution in [2.45, 2.75) is 13.5 Å². The lowest BCUT2D eigenvalue weighted by Crippen LogP contribution is -2.00. The molecule has 0 atom stereocenters. The normalized spacial score (nSPS) is 10.3. The predicted molar refractivity (Wildman–Crippen MR) is 84.2 cm³/mol. The molecule has 0 aliphatic carbocycles. The molecule has 0 spiro atoms. The molecule has 0 aliphatic heterocycles. The second-order valence-corrected chi connectivity index (χ2v) is 5.55. The Kier molecular flexibility index (Phi) is 4.72. The van der Waals surface area contributed by atoms with E-state index in [9.17, 15) is 0 Å². The molecular weight excluding hydrogens is 326 g/mol. The van der Waals surface area contributed by atoms with Crippen molar-refractivity contribution in [3.63, 3.8) is 0 Å². The Labute approximate surface area is 126 Å². The third kappa shape index (κ3) is 3.64. The van der Waals surface area contributed by atoms with E-state index < -0.39 is 0 Å². The molecule has 0 radical (unpaired) electrons. The summed E-state index contributed by atoms with van der Waals surface area (Å²) in [5.74, 6) is 0.687. The number of anilines is 1. The van der Waals surface area contributed by atoms with Crippen LogP contribution in [0, 0.1) is 6.92 Å². The first-order valence-corrected chi connectivity index (χ1v) is 7.09. The predicted octanol–water partition coefficient (Wildman–Crippen LogP) is 5.03. The molecule has 2 nitrogen and oxygen atoms in total. The SMILES string of the molecule is COc1ccc(NCc2ccc(Br)c(C)c2)cc1Cl. The van der Waals surface area contributed by atoms with Crippen molar-refractivity contribution in [3.8, 4) is 5.75 Å². The zero-order valence-corrected chi connectivity index (χ0v) is 13.2. The van der Waals surface area contributed by atoms with Gasteiger partial charge in [0.1, 0.15) is 5.75 Å². The zero-order valence-electron chi connectivity index (χ0n) is 10.8. The zero-order chi connectivity index (χ0) is 13.8. The summed E-state index contributed by atoms with van der Waals surface area (Å²) in [6.07, 6.45) is 0. The number of hydrogen-bond donors (Lipinski definition) is 1. The molecule has 100 valence electrons. The van der Waals surface area contributed by atoms with Crippen molar-refractivity contribution < 1.29 is 4.74 Å². The van der Waals surface area contributed by atoms with Gasteiger partial charge in [0, 0.05) is 16.7 Å². The summed E-state index contributed by atoms with van der Waals surface area (Å²) in [6, 6.07) is 12.0. The highest BCUT2D eigenvalue weighted by Crippen LogP contribution is 2.27. The van der Waals surface area contributed by atoms with Crippen LogP contribution in [0.25, 0.3) is 0 Å². The fraction of sp³-hybridized carbons (Fsp3) is 0.200. The van der Waals surface area contributed by atoms with Gasteiger partial charge in [-0.05, 0) is 42.3 Å². The lowest BCUT2D eigenvalue weighted by Gasteiger charge is -2.10. The number of ether oxygens (including phenoxy) is 1. The van der Waals surface area contributed by atoms with Gasteiger partial charge in [-0.2, -0.15) is 0 Å². The Morgan fingerprint density at radius 3 is 2.63 bits per heavy atom. The lowest BCUT2D eigenvalue weighted by atomic mass is 10.1. The van der Waals surface area contributed by atoms with Gasteiger partial charge in [0.2, 0.25) is 0 Å². The average molecular weight is 341 g/mol. The van der Waals surface area contributed by atoms with Crippen LogP contribution >= 0.6 is 27.5 Å². The first-order chi connectivity index (χ1) is 9.10. The Morgan fingerprint density at radius 2 is 2.00 bits per heavy atom. The van der Waals surface area contributed by atoms with E-state index in [-0.39, 0.29) is 0 Å². The molecule has 0 amide bonds. The highest BCUT2D eigenvalue weighted by Gasteiger charge is 2.02. The molecule has 4 heteroatoms. The summed E-state index contributed by atoms with van der Waals surface area (Å²) in [4.78, 5) is 0. The molecule has 0 aromatic heterocycles. The van der Waals surface area contributed by atoms with Crippen molar-refractivity contribution in [3.05, 3.63) is 57.0 Å². The van der Waals surface area contributed by atoms with Gasteiger partial charge < -0.3 is 10.1 Å². The molecule has 1 N–H and O–H groups in total. The van der Waals surface area contributed by atoms with Gasteiger partial charge in [0.15, 0.2) is 0 Å². The molecule has 0 saturated heterocycles. The van der Waals surface area contributed by atoms with Crippen LogP contribution in [0.5, 0.6) is 5.75 Å². The van der Waals surface area contributed by atoms with Crippen LogP contribution in [0.15, 0.2) is 40.9 Å². The molecular formula is C15H15BrClNO. The summed E-state index contributed by atoms with van der Waals surface area (Å²) < 4.78 is 6.26. The smallest absolute Gasteiger partial charge is 0.137 e. The molecule has 0 saturated carbocycles. The topological polar surface area (TPSA) is 21.3 Å². The molecule has 0 unspecified atom stereocenters.